The van der Waals surface area contributed by atoms with Gasteiger partial charge in [0.05, 0.1) is 5.69 Å². The third-order valence-corrected chi connectivity index (χ3v) is 7.94. The Bertz CT molecular complexity index is 994. The van der Waals surface area contributed by atoms with Crippen LogP contribution in [0, 0.1) is 5.92 Å². The van der Waals surface area contributed by atoms with Gasteiger partial charge in [0, 0.05) is 49.9 Å². The molecule has 0 radical (unpaired) electrons. The lowest BCUT2D eigenvalue weighted by Gasteiger charge is -2.34. The number of anilines is 1. The van der Waals surface area contributed by atoms with E-state index in [4.69, 9.17) is 5.10 Å². The molecule has 1 aromatic heterocycles. The number of nitrogens with one attached hydrogen (secondary N) is 1. The van der Waals surface area contributed by atoms with Gasteiger partial charge in [-0.1, -0.05) is 32.0 Å². The Morgan fingerprint density at radius 2 is 1.91 bits per heavy atom. The Kier molecular flexibility index (Phi) is 6.96. The van der Waals surface area contributed by atoms with E-state index < -0.39 is 0 Å². The third kappa shape index (κ3) is 5.02. The summed E-state index contributed by atoms with van der Waals surface area (Å²) in [6, 6.07) is 11.6. The fraction of sp³-hybridized carbons (Fsp3) is 0.643. The standard InChI is InChI=1S/C28H41N5O/c1-4-33-27(17-26(30-33)21-9-10-21)28(34)31-18-22-7-5-6-8-25(22)29-15-13-23-11-12-24(19-31)32(23)16-14-20(2)3/h5-8,17,20-21,23-24,29H,4,9-16,18-19H2,1-3H3/t23-,24+/m1/s1. The number of nitrogens with zero attached hydrogens (tertiary/aromatic N) is 4. The van der Waals surface area contributed by atoms with Gasteiger partial charge in [-0.25, -0.2) is 0 Å². The van der Waals surface area contributed by atoms with Gasteiger partial charge in [0.1, 0.15) is 5.69 Å². The second-order valence-electron chi connectivity index (χ2n) is 10.9. The number of rotatable bonds is 6. The molecule has 1 saturated heterocycles. The summed E-state index contributed by atoms with van der Waals surface area (Å²) in [7, 11) is 0. The molecule has 0 unspecified atom stereocenters. The normalized spacial score (nSPS) is 23.5. The van der Waals surface area contributed by atoms with E-state index in [0.29, 0.717) is 30.5 Å². The van der Waals surface area contributed by atoms with E-state index in [9.17, 15) is 4.79 Å². The van der Waals surface area contributed by atoms with Crippen molar-refractivity contribution in [2.24, 2.45) is 5.92 Å². The van der Waals surface area contributed by atoms with Gasteiger partial charge < -0.3 is 10.2 Å². The molecule has 6 nitrogen and oxygen atoms in total. The lowest BCUT2D eigenvalue weighted by molar-refractivity contribution is 0.0654. The van der Waals surface area contributed by atoms with Crippen LogP contribution in [0.5, 0.6) is 0 Å². The number of amides is 1. The summed E-state index contributed by atoms with van der Waals surface area (Å²) >= 11 is 0. The molecule has 2 aromatic rings. The molecule has 3 heterocycles. The first-order valence-corrected chi connectivity index (χ1v) is 13.5. The Morgan fingerprint density at radius 1 is 1.12 bits per heavy atom. The maximum Gasteiger partial charge on any atom is 0.272 e. The lowest BCUT2D eigenvalue weighted by atomic mass is 10.1. The number of hydrogen-bond acceptors (Lipinski definition) is 4. The third-order valence-electron chi connectivity index (χ3n) is 7.94. The Balaban J connectivity index is 1.46. The van der Waals surface area contributed by atoms with Crippen LogP contribution in [0.15, 0.2) is 30.3 Å². The number of hydrogen-bond donors (Lipinski definition) is 1. The van der Waals surface area contributed by atoms with Crippen molar-refractivity contribution in [2.45, 2.75) is 90.4 Å². The van der Waals surface area contributed by atoms with Gasteiger partial charge in [0.2, 0.25) is 0 Å². The molecular formula is C28H41N5O. The highest BCUT2D eigenvalue weighted by Gasteiger charge is 2.36. The van der Waals surface area contributed by atoms with Crippen LogP contribution in [0.4, 0.5) is 5.69 Å². The lowest BCUT2D eigenvalue weighted by Crippen LogP contribution is -2.46. The van der Waals surface area contributed by atoms with Crippen LogP contribution < -0.4 is 5.32 Å². The minimum Gasteiger partial charge on any atom is -0.385 e. The summed E-state index contributed by atoms with van der Waals surface area (Å²) in [6.07, 6.45) is 7.17. The smallest absolute Gasteiger partial charge is 0.272 e. The van der Waals surface area contributed by atoms with Crippen molar-refractivity contribution < 1.29 is 4.79 Å². The topological polar surface area (TPSA) is 53.4 Å². The van der Waals surface area contributed by atoms with Crippen LogP contribution >= 0.6 is 0 Å². The average Bonchev–Trinajstić information content (AvgIpc) is 3.48. The molecule has 34 heavy (non-hydrogen) atoms. The van der Waals surface area contributed by atoms with Crippen molar-refractivity contribution in [1.29, 1.82) is 0 Å². The number of carbonyl (C=O) groups is 1. The molecule has 6 heteroatoms. The van der Waals surface area contributed by atoms with Crippen molar-refractivity contribution in [1.82, 2.24) is 19.6 Å². The molecule has 1 amide bonds. The summed E-state index contributed by atoms with van der Waals surface area (Å²) < 4.78 is 1.93. The molecule has 1 aromatic carbocycles. The average molecular weight is 464 g/mol. The summed E-state index contributed by atoms with van der Waals surface area (Å²) in [4.78, 5) is 18.9. The highest BCUT2D eigenvalue weighted by atomic mass is 16.2. The van der Waals surface area contributed by atoms with E-state index in [1.165, 1.54) is 37.7 Å². The van der Waals surface area contributed by atoms with Gasteiger partial charge >= 0.3 is 0 Å². The molecule has 2 aliphatic heterocycles. The first-order valence-electron chi connectivity index (χ1n) is 13.5. The summed E-state index contributed by atoms with van der Waals surface area (Å²) in [5.74, 6) is 1.37. The molecule has 184 valence electrons. The SMILES string of the molecule is CCn1nc(C2CC2)cc1C(=O)N1Cc2ccccc2NCC[C@H]2CC[C@@H](C1)N2CCC(C)C. The zero-order valence-electron chi connectivity index (χ0n) is 21.2. The minimum atomic E-state index is 0.127. The number of benzene rings is 1. The fourth-order valence-corrected chi connectivity index (χ4v) is 5.77. The molecule has 3 aliphatic rings. The molecule has 2 fully saturated rings. The van der Waals surface area contributed by atoms with Crippen molar-refractivity contribution >= 4 is 11.6 Å². The van der Waals surface area contributed by atoms with Gasteiger partial charge in [-0.2, -0.15) is 5.10 Å². The van der Waals surface area contributed by atoms with Crippen molar-refractivity contribution in [2.75, 3.05) is 25.0 Å². The molecule has 5 rings (SSSR count). The quantitative estimate of drug-likeness (QED) is 0.646. The number of aryl methyl sites for hydroxylation is 1. The van der Waals surface area contributed by atoms with Crippen LogP contribution in [-0.4, -0.2) is 57.2 Å². The fourth-order valence-electron chi connectivity index (χ4n) is 5.77. The van der Waals surface area contributed by atoms with Crippen LogP contribution in [0.2, 0.25) is 0 Å². The molecule has 2 atom stereocenters. The van der Waals surface area contributed by atoms with E-state index in [2.05, 4.69) is 66.2 Å². The summed E-state index contributed by atoms with van der Waals surface area (Å²) in [5, 5.41) is 8.49. The van der Waals surface area contributed by atoms with Crippen molar-refractivity contribution in [3.63, 3.8) is 0 Å². The Labute approximate surface area is 204 Å². The van der Waals surface area contributed by atoms with Gasteiger partial charge in [-0.3, -0.25) is 14.4 Å². The largest absolute Gasteiger partial charge is 0.385 e. The monoisotopic (exact) mass is 463 g/mol. The van der Waals surface area contributed by atoms with E-state index in [0.717, 1.165) is 49.7 Å². The Morgan fingerprint density at radius 3 is 2.68 bits per heavy atom. The first kappa shape index (κ1) is 23.4. The second kappa shape index (κ2) is 10.1. The predicted octanol–water partition coefficient (Wildman–Crippen LogP) is 5.12. The minimum absolute atomic E-state index is 0.127. The molecule has 0 spiro atoms. The van der Waals surface area contributed by atoms with E-state index in [1.54, 1.807) is 0 Å². The van der Waals surface area contributed by atoms with E-state index >= 15 is 0 Å². The molecular weight excluding hydrogens is 422 g/mol. The van der Waals surface area contributed by atoms with Gasteiger partial charge in [0.15, 0.2) is 0 Å². The number of aromatic nitrogens is 2. The molecule has 1 N–H and O–H groups in total. The van der Waals surface area contributed by atoms with Crippen molar-refractivity contribution in [3.05, 3.63) is 47.3 Å². The zero-order chi connectivity index (χ0) is 23.7. The van der Waals surface area contributed by atoms with Gasteiger partial charge in [0.25, 0.3) is 5.91 Å². The maximum atomic E-state index is 14.1. The van der Waals surface area contributed by atoms with Crippen molar-refractivity contribution in [3.8, 4) is 0 Å². The van der Waals surface area contributed by atoms with Crippen LogP contribution in [0.1, 0.15) is 87.0 Å². The number of carbonyl (C=O) groups excluding carboxylic acids is 1. The van der Waals surface area contributed by atoms with Crippen LogP contribution in [0.25, 0.3) is 0 Å². The van der Waals surface area contributed by atoms with E-state index in [1.807, 2.05) is 4.68 Å². The van der Waals surface area contributed by atoms with Gasteiger partial charge in [-0.05, 0) is 75.6 Å². The highest BCUT2D eigenvalue weighted by Crippen LogP contribution is 2.39. The van der Waals surface area contributed by atoms with Crippen LogP contribution in [-0.2, 0) is 13.1 Å². The maximum absolute atomic E-state index is 14.1. The molecule has 1 aliphatic carbocycles. The zero-order valence-corrected chi connectivity index (χ0v) is 21.2. The summed E-state index contributed by atoms with van der Waals surface area (Å²) in [6.45, 7) is 11.0. The summed E-state index contributed by atoms with van der Waals surface area (Å²) in [5.41, 5.74) is 4.22. The van der Waals surface area contributed by atoms with Crippen LogP contribution in [0.3, 0.4) is 0 Å². The second-order valence-corrected chi connectivity index (χ2v) is 10.9. The number of para-hydroxylation sites is 1. The highest BCUT2D eigenvalue weighted by molar-refractivity contribution is 5.93. The molecule has 2 bridgehead atoms. The number of fused-ring (bicyclic) bond motifs is 3. The molecule has 1 saturated carbocycles. The van der Waals surface area contributed by atoms with Gasteiger partial charge in [-0.15, -0.1) is 0 Å². The Hall–Kier alpha value is -2.34. The van der Waals surface area contributed by atoms with E-state index in [-0.39, 0.29) is 5.91 Å². The predicted molar refractivity (Wildman–Crippen MR) is 137 cm³/mol. The first-order chi connectivity index (χ1) is 16.5.